The Kier molecular flexibility index (Phi) is 3.03. The van der Waals surface area contributed by atoms with Crippen molar-refractivity contribution in [1.29, 1.82) is 0 Å². The molecule has 2 heterocycles. The molecule has 0 saturated carbocycles. The highest BCUT2D eigenvalue weighted by Gasteiger charge is 2.10. The largest absolute Gasteiger partial charge is 0.381 e. The second-order valence-corrected chi connectivity index (χ2v) is 3.87. The van der Waals surface area contributed by atoms with Gasteiger partial charge in [-0.2, -0.15) is 0 Å². The van der Waals surface area contributed by atoms with Gasteiger partial charge in [0.1, 0.15) is 5.76 Å². The van der Waals surface area contributed by atoms with Crippen molar-refractivity contribution in [3.8, 4) is 0 Å². The highest BCUT2D eigenvalue weighted by molar-refractivity contribution is 5.26. The maximum Gasteiger partial charge on any atom is 0.167 e. The topological polar surface area (TPSA) is 55.3 Å². The average molecular weight is 195 g/mol. The highest BCUT2D eigenvalue weighted by atomic mass is 16.5. The van der Waals surface area contributed by atoms with Crippen LogP contribution >= 0.6 is 0 Å². The summed E-state index contributed by atoms with van der Waals surface area (Å²) in [5, 5.41) is 3.66. The summed E-state index contributed by atoms with van der Waals surface area (Å²) in [6, 6.07) is 1.81. The van der Waals surface area contributed by atoms with E-state index in [2.05, 4.69) is 10.1 Å². The Hall–Kier alpha value is -1.03. The van der Waals surface area contributed by atoms with Gasteiger partial charge in [0, 0.05) is 19.0 Å². The number of anilines is 1. The smallest absolute Gasteiger partial charge is 0.167 e. The number of hydrogen-bond donors (Lipinski definition) is 1. The molecule has 4 nitrogen and oxygen atoms in total. The van der Waals surface area contributed by atoms with Crippen molar-refractivity contribution in [2.75, 3.05) is 25.4 Å². The van der Waals surface area contributed by atoms with E-state index in [1.807, 2.05) is 6.07 Å². The average Bonchev–Trinajstić information content (AvgIpc) is 2.63. The van der Waals surface area contributed by atoms with Gasteiger partial charge in [-0.1, -0.05) is 11.6 Å². The molecule has 0 bridgehead atoms. The van der Waals surface area contributed by atoms with E-state index in [1.54, 1.807) is 0 Å². The zero-order valence-corrected chi connectivity index (χ0v) is 8.41. The molecule has 1 fully saturated rings. The highest BCUT2D eigenvalue weighted by Crippen LogP contribution is 2.11. The SMILES string of the molecule is Nc1cc(CCN2CCCCC2)on1. The van der Waals surface area contributed by atoms with Gasteiger partial charge in [-0.05, 0) is 25.9 Å². The summed E-state index contributed by atoms with van der Waals surface area (Å²) in [6.45, 7) is 3.52. The maximum absolute atomic E-state index is 5.47. The molecule has 2 rings (SSSR count). The van der Waals surface area contributed by atoms with Crippen LogP contribution in [0.2, 0.25) is 0 Å². The lowest BCUT2D eigenvalue weighted by Crippen LogP contribution is -2.31. The van der Waals surface area contributed by atoms with Crippen LogP contribution in [-0.2, 0) is 6.42 Å². The van der Waals surface area contributed by atoms with E-state index in [0.29, 0.717) is 5.82 Å². The van der Waals surface area contributed by atoms with Crippen LogP contribution in [-0.4, -0.2) is 29.7 Å². The van der Waals surface area contributed by atoms with E-state index in [-0.39, 0.29) is 0 Å². The fourth-order valence-corrected chi connectivity index (χ4v) is 1.90. The number of rotatable bonds is 3. The molecule has 1 aromatic rings. The minimum absolute atomic E-state index is 0.485. The number of aromatic nitrogens is 1. The molecule has 0 unspecified atom stereocenters. The van der Waals surface area contributed by atoms with Gasteiger partial charge < -0.3 is 15.2 Å². The van der Waals surface area contributed by atoms with E-state index in [9.17, 15) is 0 Å². The standard InChI is InChI=1S/C10H17N3O/c11-10-8-9(14-12-10)4-7-13-5-2-1-3-6-13/h8H,1-7H2,(H2,11,12). The number of nitrogens with zero attached hydrogens (tertiary/aromatic N) is 2. The number of piperidine rings is 1. The first-order valence-electron chi connectivity index (χ1n) is 5.28. The van der Waals surface area contributed by atoms with Crippen LogP contribution in [0.1, 0.15) is 25.0 Å². The Morgan fingerprint density at radius 2 is 2.14 bits per heavy atom. The van der Waals surface area contributed by atoms with Gasteiger partial charge in [0.15, 0.2) is 5.82 Å². The fraction of sp³-hybridized carbons (Fsp3) is 0.700. The molecular weight excluding hydrogens is 178 g/mol. The molecule has 0 amide bonds. The van der Waals surface area contributed by atoms with Gasteiger partial charge in [-0.25, -0.2) is 0 Å². The summed E-state index contributed by atoms with van der Waals surface area (Å²) in [6.07, 6.45) is 4.97. The summed E-state index contributed by atoms with van der Waals surface area (Å²) >= 11 is 0. The molecule has 14 heavy (non-hydrogen) atoms. The third-order valence-corrected chi connectivity index (χ3v) is 2.70. The third kappa shape index (κ3) is 2.48. The van der Waals surface area contributed by atoms with E-state index < -0.39 is 0 Å². The molecule has 1 saturated heterocycles. The minimum atomic E-state index is 0.485. The molecule has 0 radical (unpaired) electrons. The van der Waals surface area contributed by atoms with Crippen LogP contribution in [0.5, 0.6) is 0 Å². The summed E-state index contributed by atoms with van der Waals surface area (Å²) < 4.78 is 5.05. The summed E-state index contributed by atoms with van der Waals surface area (Å²) in [5.74, 6) is 1.38. The van der Waals surface area contributed by atoms with Crippen molar-refractivity contribution in [2.45, 2.75) is 25.7 Å². The lowest BCUT2D eigenvalue weighted by Gasteiger charge is -2.25. The second kappa shape index (κ2) is 4.46. The number of hydrogen-bond acceptors (Lipinski definition) is 4. The first kappa shape index (κ1) is 9.52. The Bertz CT molecular complexity index is 279. The molecule has 1 aliphatic rings. The normalized spacial score (nSPS) is 18.6. The first-order chi connectivity index (χ1) is 6.84. The summed E-state index contributed by atoms with van der Waals surface area (Å²) in [4.78, 5) is 2.47. The van der Waals surface area contributed by atoms with Crippen LogP contribution in [0, 0.1) is 0 Å². The molecule has 0 aromatic carbocycles. The quantitative estimate of drug-likeness (QED) is 0.789. The van der Waals surface area contributed by atoms with Gasteiger partial charge in [0.25, 0.3) is 0 Å². The molecule has 0 spiro atoms. The number of nitrogen functional groups attached to an aromatic ring is 1. The zero-order chi connectivity index (χ0) is 9.80. The maximum atomic E-state index is 5.47. The van der Waals surface area contributed by atoms with Crippen LogP contribution in [0.15, 0.2) is 10.6 Å². The third-order valence-electron chi connectivity index (χ3n) is 2.70. The van der Waals surface area contributed by atoms with Crippen molar-refractivity contribution >= 4 is 5.82 Å². The van der Waals surface area contributed by atoms with Gasteiger partial charge in [-0.15, -0.1) is 0 Å². The Morgan fingerprint density at radius 1 is 1.36 bits per heavy atom. The van der Waals surface area contributed by atoms with Crippen molar-refractivity contribution in [3.05, 3.63) is 11.8 Å². The molecular formula is C10H17N3O. The predicted octanol–water partition coefficient (Wildman–Crippen LogP) is 1.29. The number of likely N-dealkylation sites (tertiary alicyclic amines) is 1. The Morgan fingerprint density at radius 3 is 2.79 bits per heavy atom. The molecule has 0 atom stereocenters. The molecule has 1 aromatic heterocycles. The lowest BCUT2D eigenvalue weighted by atomic mass is 10.1. The van der Waals surface area contributed by atoms with Gasteiger partial charge >= 0.3 is 0 Å². The lowest BCUT2D eigenvalue weighted by molar-refractivity contribution is 0.224. The summed E-state index contributed by atoms with van der Waals surface area (Å²) in [5.41, 5.74) is 5.47. The molecule has 1 aliphatic heterocycles. The van der Waals surface area contributed by atoms with Crippen molar-refractivity contribution in [2.24, 2.45) is 0 Å². The molecule has 4 heteroatoms. The zero-order valence-electron chi connectivity index (χ0n) is 8.41. The first-order valence-corrected chi connectivity index (χ1v) is 5.28. The van der Waals surface area contributed by atoms with Crippen LogP contribution in [0.3, 0.4) is 0 Å². The minimum Gasteiger partial charge on any atom is -0.381 e. The van der Waals surface area contributed by atoms with Gasteiger partial charge in [0.2, 0.25) is 0 Å². The van der Waals surface area contributed by atoms with Gasteiger partial charge in [-0.3, -0.25) is 0 Å². The van der Waals surface area contributed by atoms with E-state index in [1.165, 1.54) is 32.4 Å². The molecule has 2 N–H and O–H groups in total. The second-order valence-electron chi connectivity index (χ2n) is 3.87. The molecule has 78 valence electrons. The fourth-order valence-electron chi connectivity index (χ4n) is 1.90. The van der Waals surface area contributed by atoms with Crippen molar-refractivity contribution < 1.29 is 4.52 Å². The van der Waals surface area contributed by atoms with E-state index >= 15 is 0 Å². The van der Waals surface area contributed by atoms with Crippen LogP contribution in [0.4, 0.5) is 5.82 Å². The van der Waals surface area contributed by atoms with E-state index in [0.717, 1.165) is 18.7 Å². The van der Waals surface area contributed by atoms with Crippen molar-refractivity contribution in [3.63, 3.8) is 0 Å². The summed E-state index contributed by atoms with van der Waals surface area (Å²) in [7, 11) is 0. The van der Waals surface area contributed by atoms with Crippen LogP contribution < -0.4 is 5.73 Å². The molecule has 0 aliphatic carbocycles. The van der Waals surface area contributed by atoms with E-state index in [4.69, 9.17) is 10.3 Å². The van der Waals surface area contributed by atoms with Gasteiger partial charge in [0.05, 0.1) is 0 Å². The Labute approximate surface area is 84.0 Å². The van der Waals surface area contributed by atoms with Crippen molar-refractivity contribution in [1.82, 2.24) is 10.1 Å². The predicted molar refractivity (Wildman–Crippen MR) is 54.9 cm³/mol. The van der Waals surface area contributed by atoms with Crippen LogP contribution in [0.25, 0.3) is 0 Å². The number of nitrogens with two attached hydrogens (primary N) is 1. The monoisotopic (exact) mass is 195 g/mol. The Balaban J connectivity index is 1.76.